The molecule has 2 atom stereocenters. The van der Waals surface area contributed by atoms with E-state index in [4.69, 9.17) is 0 Å². The van der Waals surface area contributed by atoms with Crippen molar-refractivity contribution >= 4 is 5.91 Å². The van der Waals surface area contributed by atoms with Gasteiger partial charge in [0.25, 0.3) is 5.56 Å². The number of piperidine rings is 1. The number of H-pyrrole nitrogens is 1. The second-order valence-electron chi connectivity index (χ2n) is 6.13. The highest BCUT2D eigenvalue weighted by molar-refractivity contribution is 5.76. The Balaban J connectivity index is 1.54. The summed E-state index contributed by atoms with van der Waals surface area (Å²) in [5.74, 6) is 0.0877. The van der Waals surface area contributed by atoms with Crippen LogP contribution in [0.15, 0.2) is 47.3 Å². The van der Waals surface area contributed by atoms with Crippen molar-refractivity contribution in [1.82, 2.24) is 15.1 Å². The van der Waals surface area contributed by atoms with Gasteiger partial charge in [0, 0.05) is 37.9 Å². The SMILES string of the molecule is O=C(CCc1ccc(=O)[nH]n1)N1CC[C@@H](c2ccccc2)[C@H](O)C1. The van der Waals surface area contributed by atoms with Gasteiger partial charge in [0.05, 0.1) is 11.8 Å². The summed E-state index contributed by atoms with van der Waals surface area (Å²) >= 11 is 0. The maximum Gasteiger partial charge on any atom is 0.264 e. The number of rotatable bonds is 4. The zero-order valence-electron chi connectivity index (χ0n) is 13.4. The number of carbonyl (C=O) groups is 1. The molecule has 1 amide bonds. The predicted octanol–water partition coefficient (Wildman–Crippen LogP) is 1.08. The van der Waals surface area contributed by atoms with E-state index in [1.807, 2.05) is 30.3 Å². The van der Waals surface area contributed by atoms with Crippen LogP contribution < -0.4 is 5.56 Å². The van der Waals surface area contributed by atoms with Gasteiger partial charge >= 0.3 is 0 Å². The van der Waals surface area contributed by atoms with Crippen LogP contribution in [0.1, 0.15) is 30.0 Å². The number of nitrogens with zero attached hydrogens (tertiary/aromatic N) is 2. The van der Waals surface area contributed by atoms with Crippen molar-refractivity contribution in [3.8, 4) is 0 Å². The van der Waals surface area contributed by atoms with Crippen molar-refractivity contribution in [3.63, 3.8) is 0 Å². The van der Waals surface area contributed by atoms with E-state index in [0.717, 1.165) is 12.0 Å². The van der Waals surface area contributed by atoms with Gasteiger partial charge in [-0.1, -0.05) is 30.3 Å². The molecule has 3 rings (SSSR count). The summed E-state index contributed by atoms with van der Waals surface area (Å²) < 4.78 is 0. The van der Waals surface area contributed by atoms with Crippen LogP contribution >= 0.6 is 0 Å². The zero-order chi connectivity index (χ0) is 16.9. The number of benzene rings is 1. The average Bonchev–Trinajstić information content (AvgIpc) is 2.61. The smallest absolute Gasteiger partial charge is 0.264 e. The van der Waals surface area contributed by atoms with Crippen LogP contribution in [0.2, 0.25) is 0 Å². The van der Waals surface area contributed by atoms with Crippen LogP contribution in [0, 0.1) is 0 Å². The summed E-state index contributed by atoms with van der Waals surface area (Å²) in [4.78, 5) is 25.0. The van der Waals surface area contributed by atoms with Crippen molar-refractivity contribution in [2.24, 2.45) is 0 Å². The third-order valence-electron chi connectivity index (χ3n) is 4.49. The number of aromatic amines is 1. The van der Waals surface area contributed by atoms with Crippen molar-refractivity contribution < 1.29 is 9.90 Å². The van der Waals surface area contributed by atoms with Gasteiger partial charge in [0.15, 0.2) is 0 Å². The number of hydrogen-bond donors (Lipinski definition) is 2. The molecule has 1 aromatic carbocycles. The summed E-state index contributed by atoms with van der Waals surface area (Å²) in [6.45, 7) is 1.01. The normalized spacial score (nSPS) is 20.8. The van der Waals surface area contributed by atoms with Gasteiger partial charge in [-0.15, -0.1) is 0 Å². The number of aliphatic hydroxyl groups excluding tert-OH is 1. The number of nitrogens with one attached hydrogen (secondary N) is 1. The fraction of sp³-hybridized carbons (Fsp3) is 0.389. The number of aliphatic hydroxyl groups is 1. The third kappa shape index (κ3) is 3.89. The van der Waals surface area contributed by atoms with E-state index in [0.29, 0.717) is 31.6 Å². The molecule has 1 aliphatic rings. The molecule has 0 unspecified atom stereocenters. The molecular weight excluding hydrogens is 306 g/mol. The molecule has 0 radical (unpaired) electrons. The third-order valence-corrected chi connectivity index (χ3v) is 4.49. The van der Waals surface area contributed by atoms with Crippen molar-refractivity contribution in [2.75, 3.05) is 13.1 Å². The van der Waals surface area contributed by atoms with Crippen LogP contribution in [0.25, 0.3) is 0 Å². The minimum Gasteiger partial charge on any atom is -0.391 e. The maximum absolute atomic E-state index is 12.3. The van der Waals surface area contributed by atoms with Gasteiger partial charge in [-0.3, -0.25) is 9.59 Å². The molecule has 24 heavy (non-hydrogen) atoms. The molecule has 0 spiro atoms. The molecule has 0 bridgehead atoms. The number of likely N-dealkylation sites (tertiary alicyclic amines) is 1. The number of aryl methyl sites for hydroxylation is 1. The van der Waals surface area contributed by atoms with E-state index in [1.165, 1.54) is 6.07 Å². The number of amides is 1. The number of aromatic nitrogens is 2. The van der Waals surface area contributed by atoms with E-state index < -0.39 is 6.10 Å². The van der Waals surface area contributed by atoms with Crippen molar-refractivity contribution in [1.29, 1.82) is 0 Å². The molecule has 6 heteroatoms. The lowest BCUT2D eigenvalue weighted by Crippen LogP contribution is -2.45. The highest BCUT2D eigenvalue weighted by Crippen LogP contribution is 2.28. The molecular formula is C18H21N3O3. The largest absolute Gasteiger partial charge is 0.391 e. The molecule has 2 heterocycles. The summed E-state index contributed by atoms with van der Waals surface area (Å²) in [6.07, 6.45) is 1.01. The minimum absolute atomic E-state index is 0.00793. The van der Waals surface area contributed by atoms with Crippen LogP contribution in [0.3, 0.4) is 0 Å². The topological polar surface area (TPSA) is 86.3 Å². The zero-order valence-corrected chi connectivity index (χ0v) is 13.4. The maximum atomic E-state index is 12.3. The summed E-state index contributed by atoms with van der Waals surface area (Å²) in [5.41, 5.74) is 1.55. The first-order valence-corrected chi connectivity index (χ1v) is 8.19. The fourth-order valence-corrected chi connectivity index (χ4v) is 3.15. The molecule has 126 valence electrons. The number of carbonyl (C=O) groups excluding carboxylic acids is 1. The fourth-order valence-electron chi connectivity index (χ4n) is 3.15. The van der Waals surface area contributed by atoms with Gasteiger partial charge in [-0.05, 0) is 18.1 Å². The monoisotopic (exact) mass is 327 g/mol. The second kappa shape index (κ2) is 7.40. The molecule has 0 saturated carbocycles. The lowest BCUT2D eigenvalue weighted by molar-refractivity contribution is -0.134. The van der Waals surface area contributed by atoms with Crippen molar-refractivity contribution in [2.45, 2.75) is 31.3 Å². The Morgan fingerprint density at radius 3 is 2.71 bits per heavy atom. The second-order valence-corrected chi connectivity index (χ2v) is 6.13. The quantitative estimate of drug-likeness (QED) is 0.880. The Morgan fingerprint density at radius 2 is 2.04 bits per heavy atom. The lowest BCUT2D eigenvalue weighted by atomic mass is 9.87. The summed E-state index contributed by atoms with van der Waals surface area (Å²) in [6, 6.07) is 13.0. The van der Waals surface area contributed by atoms with Crippen LogP contribution in [-0.2, 0) is 11.2 Å². The molecule has 2 aromatic rings. The first-order valence-electron chi connectivity index (χ1n) is 8.19. The van der Waals surface area contributed by atoms with E-state index in [2.05, 4.69) is 10.2 Å². The number of hydrogen-bond acceptors (Lipinski definition) is 4. The Hall–Kier alpha value is -2.47. The molecule has 1 fully saturated rings. The lowest BCUT2D eigenvalue weighted by Gasteiger charge is -2.36. The van der Waals surface area contributed by atoms with Gasteiger partial charge in [-0.25, -0.2) is 5.10 Å². The standard InChI is InChI=1S/C18H21N3O3/c22-16-12-21(11-10-15(16)13-4-2-1-3-5-13)18(24)9-7-14-6-8-17(23)20-19-14/h1-6,8,15-16,22H,7,9-12H2,(H,20,23)/t15-,16+/m0/s1. The van der Waals surface area contributed by atoms with E-state index in [-0.39, 0.29) is 17.4 Å². The van der Waals surface area contributed by atoms with Crippen LogP contribution in [-0.4, -0.2) is 45.3 Å². The van der Waals surface area contributed by atoms with E-state index in [9.17, 15) is 14.7 Å². The Morgan fingerprint density at radius 1 is 1.25 bits per heavy atom. The van der Waals surface area contributed by atoms with Crippen molar-refractivity contribution in [3.05, 3.63) is 64.1 Å². The van der Waals surface area contributed by atoms with Gasteiger partial charge in [0.1, 0.15) is 0 Å². The summed E-state index contributed by atoms with van der Waals surface area (Å²) in [7, 11) is 0. The highest BCUT2D eigenvalue weighted by Gasteiger charge is 2.30. The van der Waals surface area contributed by atoms with E-state index in [1.54, 1.807) is 11.0 Å². The Kier molecular flexibility index (Phi) is 5.05. The Labute approximate surface area is 140 Å². The molecule has 6 nitrogen and oxygen atoms in total. The molecule has 1 saturated heterocycles. The van der Waals surface area contributed by atoms with E-state index >= 15 is 0 Å². The van der Waals surface area contributed by atoms with Gasteiger partial charge in [0.2, 0.25) is 5.91 Å². The molecule has 0 aliphatic carbocycles. The Bertz CT molecular complexity index is 724. The van der Waals surface area contributed by atoms with Crippen LogP contribution in [0.4, 0.5) is 0 Å². The molecule has 1 aliphatic heterocycles. The molecule has 1 aromatic heterocycles. The predicted molar refractivity (Wildman–Crippen MR) is 89.6 cm³/mol. The van der Waals surface area contributed by atoms with Gasteiger partial charge < -0.3 is 10.0 Å². The summed E-state index contributed by atoms with van der Waals surface area (Å²) in [5, 5.41) is 16.7. The minimum atomic E-state index is -0.545. The molecule has 2 N–H and O–H groups in total. The first kappa shape index (κ1) is 16.4. The van der Waals surface area contributed by atoms with Crippen LogP contribution in [0.5, 0.6) is 0 Å². The van der Waals surface area contributed by atoms with Gasteiger partial charge in [-0.2, -0.15) is 5.10 Å². The average molecular weight is 327 g/mol. The first-order chi connectivity index (χ1) is 11.6. The number of β-amino-alcohol motifs (C(OH)–C–C–N with tert-alkyl or cyclic N) is 1. The highest BCUT2D eigenvalue weighted by atomic mass is 16.3.